The number of alkyl halides is 3. The van der Waals surface area contributed by atoms with Crippen molar-refractivity contribution in [3.8, 4) is 0 Å². The predicted molar refractivity (Wildman–Crippen MR) is 93.8 cm³/mol. The first-order chi connectivity index (χ1) is 12.5. The molecule has 0 fully saturated rings. The summed E-state index contributed by atoms with van der Waals surface area (Å²) in [4.78, 5) is 37.3. The van der Waals surface area contributed by atoms with Gasteiger partial charge in [0.05, 0.1) is 5.56 Å². The highest BCUT2D eigenvalue weighted by Crippen LogP contribution is 2.29. The number of nitrogens with one attached hydrogen (secondary N) is 1. The number of pyridine rings is 1. The number of halogens is 4. The summed E-state index contributed by atoms with van der Waals surface area (Å²) in [6.07, 6.45) is -4.18. The third-order valence-electron chi connectivity index (χ3n) is 3.48. The summed E-state index contributed by atoms with van der Waals surface area (Å²) < 4.78 is 39.1. The standard InChI is InChI=1S/C17H15ClF3N3O3/c1-23(2)15(26)10-4-3-5-12(6-10)22-14(25)9-24-8-11(17(19,20)21)7-13(18)16(24)27/h3-8H,9H2,1-2H3,(H,22,25). The van der Waals surface area contributed by atoms with E-state index >= 15 is 0 Å². The maximum absolute atomic E-state index is 12.8. The number of hydrogen-bond donors (Lipinski definition) is 1. The van der Waals surface area contributed by atoms with E-state index in [1.54, 1.807) is 26.2 Å². The van der Waals surface area contributed by atoms with Gasteiger partial charge in [-0.3, -0.25) is 14.4 Å². The summed E-state index contributed by atoms with van der Waals surface area (Å²) >= 11 is 5.55. The van der Waals surface area contributed by atoms with Crippen molar-refractivity contribution in [1.29, 1.82) is 0 Å². The van der Waals surface area contributed by atoms with Crippen LogP contribution in [-0.4, -0.2) is 35.4 Å². The van der Waals surface area contributed by atoms with Crippen LogP contribution in [0.4, 0.5) is 18.9 Å². The molecule has 0 spiro atoms. The van der Waals surface area contributed by atoms with Crippen molar-refractivity contribution in [2.75, 3.05) is 19.4 Å². The zero-order chi connectivity index (χ0) is 20.4. The molecule has 27 heavy (non-hydrogen) atoms. The monoisotopic (exact) mass is 401 g/mol. The Balaban J connectivity index is 2.22. The lowest BCUT2D eigenvalue weighted by atomic mass is 10.2. The highest BCUT2D eigenvalue weighted by molar-refractivity contribution is 6.30. The van der Waals surface area contributed by atoms with Crippen molar-refractivity contribution in [3.05, 3.63) is 63.0 Å². The Labute approximate surface area is 157 Å². The molecule has 1 N–H and O–H groups in total. The number of amides is 2. The second kappa shape index (κ2) is 7.83. The molecule has 2 amide bonds. The molecule has 0 saturated heterocycles. The van der Waals surface area contributed by atoms with Gasteiger partial charge in [-0.05, 0) is 24.3 Å². The normalized spacial score (nSPS) is 11.2. The van der Waals surface area contributed by atoms with Gasteiger partial charge in [0.25, 0.3) is 11.5 Å². The van der Waals surface area contributed by atoms with Crippen molar-refractivity contribution in [2.45, 2.75) is 12.7 Å². The van der Waals surface area contributed by atoms with Gasteiger partial charge in [-0.1, -0.05) is 17.7 Å². The molecule has 0 radical (unpaired) electrons. The van der Waals surface area contributed by atoms with E-state index in [-0.39, 0.29) is 11.6 Å². The van der Waals surface area contributed by atoms with E-state index in [0.29, 0.717) is 22.4 Å². The fourth-order valence-electron chi connectivity index (χ4n) is 2.22. The first-order valence-electron chi connectivity index (χ1n) is 7.58. The number of carbonyl (C=O) groups excluding carboxylic acids is 2. The van der Waals surface area contributed by atoms with Gasteiger partial charge in [0.1, 0.15) is 11.6 Å². The van der Waals surface area contributed by atoms with Crippen LogP contribution in [0.3, 0.4) is 0 Å². The minimum atomic E-state index is -4.71. The second-order valence-electron chi connectivity index (χ2n) is 5.84. The number of anilines is 1. The van der Waals surface area contributed by atoms with Crippen LogP contribution >= 0.6 is 11.6 Å². The number of nitrogens with zero attached hydrogens (tertiary/aromatic N) is 2. The van der Waals surface area contributed by atoms with Gasteiger partial charge in [-0.15, -0.1) is 0 Å². The fraction of sp³-hybridized carbons (Fsp3) is 0.235. The summed E-state index contributed by atoms with van der Waals surface area (Å²) in [5.74, 6) is -1.03. The molecule has 0 bridgehead atoms. The predicted octanol–water partition coefficient (Wildman–Crippen LogP) is 2.86. The van der Waals surface area contributed by atoms with Gasteiger partial charge in [-0.25, -0.2) is 0 Å². The molecule has 1 aromatic carbocycles. The number of carbonyl (C=O) groups is 2. The van der Waals surface area contributed by atoms with Crippen molar-refractivity contribution < 1.29 is 22.8 Å². The topological polar surface area (TPSA) is 71.4 Å². The number of hydrogen-bond acceptors (Lipinski definition) is 3. The average Bonchev–Trinajstić information content (AvgIpc) is 2.57. The highest BCUT2D eigenvalue weighted by atomic mass is 35.5. The molecule has 0 aliphatic carbocycles. The molecule has 6 nitrogen and oxygen atoms in total. The third-order valence-corrected chi connectivity index (χ3v) is 3.75. The van der Waals surface area contributed by atoms with Crippen LogP contribution in [0.1, 0.15) is 15.9 Å². The van der Waals surface area contributed by atoms with E-state index in [1.165, 1.54) is 17.0 Å². The maximum atomic E-state index is 12.8. The molecule has 1 heterocycles. The summed E-state index contributed by atoms with van der Waals surface area (Å²) in [5, 5.41) is 1.79. The highest BCUT2D eigenvalue weighted by Gasteiger charge is 2.32. The smallest absolute Gasteiger partial charge is 0.345 e. The van der Waals surface area contributed by atoms with E-state index in [2.05, 4.69) is 5.32 Å². The Morgan fingerprint density at radius 3 is 2.48 bits per heavy atom. The Bertz CT molecular complexity index is 939. The Morgan fingerprint density at radius 1 is 1.22 bits per heavy atom. The second-order valence-corrected chi connectivity index (χ2v) is 6.24. The lowest BCUT2D eigenvalue weighted by molar-refractivity contribution is -0.138. The van der Waals surface area contributed by atoms with Crippen molar-refractivity contribution in [1.82, 2.24) is 9.47 Å². The minimum absolute atomic E-state index is 0.263. The average molecular weight is 402 g/mol. The van der Waals surface area contributed by atoms with E-state index in [9.17, 15) is 27.6 Å². The molecule has 144 valence electrons. The maximum Gasteiger partial charge on any atom is 0.417 e. The summed E-state index contributed by atoms with van der Waals surface area (Å²) in [6.45, 7) is -0.672. The van der Waals surface area contributed by atoms with Gasteiger partial charge in [-0.2, -0.15) is 13.2 Å². The third kappa shape index (κ3) is 5.10. The van der Waals surface area contributed by atoms with Crippen LogP contribution in [-0.2, 0) is 17.5 Å². The van der Waals surface area contributed by atoms with Crippen LogP contribution < -0.4 is 10.9 Å². The van der Waals surface area contributed by atoms with E-state index in [0.717, 1.165) is 0 Å². The van der Waals surface area contributed by atoms with Gasteiger partial charge in [0.15, 0.2) is 0 Å². The van der Waals surface area contributed by atoms with Crippen LogP contribution in [0.15, 0.2) is 41.3 Å². The molecule has 0 aliphatic rings. The SMILES string of the molecule is CN(C)C(=O)c1cccc(NC(=O)Cn2cc(C(F)(F)F)cc(Cl)c2=O)c1. The molecule has 1 aromatic heterocycles. The molecular weight excluding hydrogens is 387 g/mol. The Hall–Kier alpha value is -2.81. The Kier molecular flexibility index (Phi) is 5.94. The Morgan fingerprint density at radius 2 is 1.89 bits per heavy atom. The van der Waals surface area contributed by atoms with E-state index in [4.69, 9.17) is 11.6 Å². The van der Waals surface area contributed by atoms with Crippen LogP contribution in [0, 0.1) is 0 Å². The lowest BCUT2D eigenvalue weighted by Crippen LogP contribution is -2.29. The summed E-state index contributed by atoms with van der Waals surface area (Å²) in [7, 11) is 3.13. The van der Waals surface area contributed by atoms with Crippen molar-refractivity contribution >= 4 is 29.1 Å². The van der Waals surface area contributed by atoms with E-state index in [1.807, 2.05) is 0 Å². The first kappa shape index (κ1) is 20.5. The van der Waals surface area contributed by atoms with Gasteiger partial charge < -0.3 is 14.8 Å². The molecule has 10 heteroatoms. The van der Waals surface area contributed by atoms with E-state index < -0.39 is 34.8 Å². The van der Waals surface area contributed by atoms with Crippen LogP contribution in [0.5, 0.6) is 0 Å². The molecular formula is C17H15ClF3N3O3. The van der Waals surface area contributed by atoms with Crippen molar-refractivity contribution in [2.24, 2.45) is 0 Å². The molecule has 0 atom stereocenters. The molecule has 0 unspecified atom stereocenters. The quantitative estimate of drug-likeness (QED) is 0.856. The molecule has 2 aromatic rings. The van der Waals surface area contributed by atoms with Crippen molar-refractivity contribution in [3.63, 3.8) is 0 Å². The number of benzene rings is 1. The first-order valence-corrected chi connectivity index (χ1v) is 7.95. The number of rotatable bonds is 4. The largest absolute Gasteiger partial charge is 0.417 e. The summed E-state index contributed by atoms with van der Waals surface area (Å²) in [6, 6.07) is 6.53. The minimum Gasteiger partial charge on any atom is -0.345 e. The van der Waals surface area contributed by atoms with Gasteiger partial charge in [0, 0.05) is 31.5 Å². The summed E-state index contributed by atoms with van der Waals surface area (Å²) in [5.41, 5.74) is -1.48. The zero-order valence-corrected chi connectivity index (χ0v) is 15.1. The lowest BCUT2D eigenvalue weighted by Gasteiger charge is -2.13. The van der Waals surface area contributed by atoms with Crippen LogP contribution in [0.25, 0.3) is 0 Å². The zero-order valence-electron chi connectivity index (χ0n) is 14.3. The van der Waals surface area contributed by atoms with Crippen LogP contribution in [0.2, 0.25) is 5.02 Å². The molecule has 0 saturated carbocycles. The molecule has 0 aliphatic heterocycles. The fourth-order valence-corrected chi connectivity index (χ4v) is 2.44. The number of aromatic nitrogens is 1. The molecule has 2 rings (SSSR count). The van der Waals surface area contributed by atoms with Gasteiger partial charge >= 0.3 is 6.18 Å². The van der Waals surface area contributed by atoms with Gasteiger partial charge in [0.2, 0.25) is 5.91 Å².